The van der Waals surface area contributed by atoms with E-state index < -0.39 is 11.8 Å². The topological polar surface area (TPSA) is 26.3 Å². The van der Waals surface area contributed by atoms with E-state index in [9.17, 15) is 13.6 Å². The smallest absolute Gasteiger partial charge is 0.248 e. The van der Waals surface area contributed by atoms with Crippen molar-refractivity contribution in [2.24, 2.45) is 5.92 Å². The average Bonchev–Trinajstić information content (AvgIpc) is 2.36. The second-order valence-electron chi connectivity index (χ2n) is 5.22. The Morgan fingerprint density at radius 1 is 1.42 bits per heavy atom. The summed E-state index contributed by atoms with van der Waals surface area (Å²) in [6.07, 6.45) is 0.480. The zero-order valence-corrected chi connectivity index (χ0v) is 11.2. The van der Waals surface area contributed by atoms with E-state index in [-0.39, 0.29) is 18.6 Å². The zero-order valence-electron chi connectivity index (χ0n) is 11.2. The molecule has 0 amide bonds. The summed E-state index contributed by atoms with van der Waals surface area (Å²) >= 11 is 0. The Bertz CT molecular complexity index is 483. The number of ether oxygens (including phenoxy) is 1. The number of benzene rings is 1. The van der Waals surface area contributed by atoms with Gasteiger partial charge in [0.15, 0.2) is 5.78 Å². The van der Waals surface area contributed by atoms with Crippen LogP contribution in [0.25, 0.3) is 0 Å². The van der Waals surface area contributed by atoms with E-state index in [4.69, 9.17) is 4.74 Å². The van der Waals surface area contributed by atoms with Crippen LogP contribution in [0.3, 0.4) is 0 Å². The van der Waals surface area contributed by atoms with Crippen LogP contribution in [0.1, 0.15) is 41.6 Å². The van der Waals surface area contributed by atoms with Crippen LogP contribution in [0.5, 0.6) is 5.75 Å². The molecule has 1 aromatic carbocycles. The average molecular weight is 268 g/mol. The molecule has 1 aliphatic carbocycles. The number of methoxy groups -OCH3 is 1. The highest BCUT2D eigenvalue weighted by atomic mass is 19.3. The van der Waals surface area contributed by atoms with Crippen LogP contribution < -0.4 is 4.74 Å². The van der Waals surface area contributed by atoms with Crippen molar-refractivity contribution < 1.29 is 18.3 Å². The van der Waals surface area contributed by atoms with Crippen molar-refractivity contribution >= 4 is 5.78 Å². The van der Waals surface area contributed by atoms with Gasteiger partial charge in [-0.15, -0.1) is 0 Å². The zero-order chi connectivity index (χ0) is 14.0. The highest BCUT2D eigenvalue weighted by Crippen LogP contribution is 2.39. The van der Waals surface area contributed by atoms with Crippen LogP contribution in [0.15, 0.2) is 18.2 Å². The number of aryl methyl sites for hydroxylation is 1. The van der Waals surface area contributed by atoms with Crippen LogP contribution >= 0.6 is 0 Å². The molecule has 4 heteroatoms. The lowest BCUT2D eigenvalue weighted by Gasteiger charge is -2.28. The number of Topliss-reactive ketones (excluding diaryl/α,β-unsaturated/α-hetero) is 1. The van der Waals surface area contributed by atoms with Crippen LogP contribution in [0, 0.1) is 12.8 Å². The van der Waals surface area contributed by atoms with Gasteiger partial charge >= 0.3 is 0 Å². The summed E-state index contributed by atoms with van der Waals surface area (Å²) < 4.78 is 32.0. The van der Waals surface area contributed by atoms with E-state index in [1.807, 2.05) is 13.0 Å². The first-order valence-corrected chi connectivity index (χ1v) is 6.49. The highest BCUT2D eigenvalue weighted by Gasteiger charge is 2.39. The first kappa shape index (κ1) is 14.0. The molecule has 2 rings (SSSR count). The molecule has 1 atom stereocenters. The van der Waals surface area contributed by atoms with E-state index in [1.54, 1.807) is 12.1 Å². The molecule has 1 aromatic rings. The minimum absolute atomic E-state index is 0.109. The number of hydrogen-bond donors (Lipinski definition) is 0. The van der Waals surface area contributed by atoms with Gasteiger partial charge in [-0.2, -0.15) is 0 Å². The molecule has 1 saturated carbocycles. The van der Waals surface area contributed by atoms with Crippen molar-refractivity contribution in [3.05, 3.63) is 29.3 Å². The van der Waals surface area contributed by atoms with Crippen LogP contribution in [-0.4, -0.2) is 18.8 Å². The molecule has 0 N–H and O–H groups in total. The summed E-state index contributed by atoms with van der Waals surface area (Å²) in [5.74, 6) is -3.07. The monoisotopic (exact) mass is 268 g/mol. The van der Waals surface area contributed by atoms with Gasteiger partial charge in [0.2, 0.25) is 5.92 Å². The molecule has 1 aliphatic rings. The molecule has 0 aromatic heterocycles. The molecule has 19 heavy (non-hydrogen) atoms. The Balaban J connectivity index is 2.26. The van der Waals surface area contributed by atoms with Crippen molar-refractivity contribution in [2.45, 2.75) is 38.5 Å². The van der Waals surface area contributed by atoms with Gasteiger partial charge in [0.05, 0.1) is 12.7 Å². The summed E-state index contributed by atoms with van der Waals surface area (Å²) in [5, 5.41) is 0. The Morgan fingerprint density at radius 3 is 2.79 bits per heavy atom. The number of halogens is 2. The number of alkyl halides is 2. The van der Waals surface area contributed by atoms with Gasteiger partial charge in [-0.05, 0) is 31.9 Å². The summed E-state index contributed by atoms with van der Waals surface area (Å²) in [5.41, 5.74) is 1.34. The van der Waals surface area contributed by atoms with E-state index in [1.165, 1.54) is 7.11 Å². The molecule has 0 aliphatic heterocycles. The SMILES string of the molecule is COc1ccc(C)cc1C(=O)C1CCCC(F)(F)C1. The molecular weight excluding hydrogens is 250 g/mol. The predicted octanol–water partition coefficient (Wildman–Crippen LogP) is 4.01. The molecule has 0 saturated heterocycles. The van der Waals surface area contributed by atoms with Gasteiger partial charge in [0.25, 0.3) is 0 Å². The maximum atomic E-state index is 13.4. The van der Waals surface area contributed by atoms with Gasteiger partial charge in [-0.3, -0.25) is 4.79 Å². The van der Waals surface area contributed by atoms with Gasteiger partial charge in [0.1, 0.15) is 5.75 Å². The second kappa shape index (κ2) is 5.27. The van der Waals surface area contributed by atoms with E-state index in [0.717, 1.165) is 5.56 Å². The Morgan fingerprint density at radius 2 is 2.16 bits per heavy atom. The number of ketones is 1. The van der Waals surface area contributed by atoms with Gasteiger partial charge in [-0.1, -0.05) is 11.6 Å². The third-order valence-electron chi connectivity index (χ3n) is 3.63. The molecule has 0 heterocycles. The van der Waals surface area contributed by atoms with Crippen molar-refractivity contribution in [1.29, 1.82) is 0 Å². The Kier molecular flexibility index (Phi) is 3.88. The van der Waals surface area contributed by atoms with Crippen LogP contribution in [-0.2, 0) is 0 Å². The van der Waals surface area contributed by atoms with Gasteiger partial charge in [0, 0.05) is 18.8 Å². The van der Waals surface area contributed by atoms with Crippen LogP contribution in [0.4, 0.5) is 8.78 Å². The van der Waals surface area contributed by atoms with E-state index >= 15 is 0 Å². The molecule has 104 valence electrons. The summed E-state index contributed by atoms with van der Waals surface area (Å²) in [6, 6.07) is 5.27. The molecule has 1 fully saturated rings. The lowest BCUT2D eigenvalue weighted by molar-refractivity contribution is -0.0478. The summed E-state index contributed by atoms with van der Waals surface area (Å²) in [7, 11) is 1.48. The van der Waals surface area contributed by atoms with Gasteiger partial charge < -0.3 is 4.74 Å². The summed E-state index contributed by atoms with van der Waals surface area (Å²) in [6.45, 7) is 1.87. The number of rotatable bonds is 3. The maximum absolute atomic E-state index is 13.4. The first-order valence-electron chi connectivity index (χ1n) is 6.49. The normalized spacial score (nSPS) is 22.0. The lowest BCUT2D eigenvalue weighted by atomic mass is 9.81. The van der Waals surface area contributed by atoms with Crippen molar-refractivity contribution in [3.8, 4) is 5.75 Å². The third-order valence-corrected chi connectivity index (χ3v) is 3.63. The fourth-order valence-corrected chi connectivity index (χ4v) is 2.63. The van der Waals surface area contributed by atoms with Crippen molar-refractivity contribution in [2.75, 3.05) is 7.11 Å². The number of carbonyl (C=O) groups excluding carboxylic acids is 1. The molecule has 0 bridgehead atoms. The van der Waals surface area contributed by atoms with E-state index in [0.29, 0.717) is 24.2 Å². The quantitative estimate of drug-likeness (QED) is 0.774. The molecule has 0 radical (unpaired) electrons. The highest BCUT2D eigenvalue weighted by molar-refractivity contribution is 6.00. The standard InChI is InChI=1S/C15H18F2O2/c1-10-5-6-13(19-2)12(8-10)14(18)11-4-3-7-15(16,17)9-11/h5-6,8,11H,3-4,7,9H2,1-2H3. The lowest BCUT2D eigenvalue weighted by Crippen LogP contribution is -2.30. The Hall–Kier alpha value is -1.45. The van der Waals surface area contributed by atoms with Crippen molar-refractivity contribution in [1.82, 2.24) is 0 Å². The minimum atomic E-state index is -2.71. The first-order chi connectivity index (χ1) is 8.93. The number of hydrogen-bond acceptors (Lipinski definition) is 2. The fourth-order valence-electron chi connectivity index (χ4n) is 2.63. The molecular formula is C15H18F2O2. The van der Waals surface area contributed by atoms with Crippen molar-refractivity contribution in [3.63, 3.8) is 0 Å². The maximum Gasteiger partial charge on any atom is 0.248 e. The number of carbonyl (C=O) groups is 1. The third kappa shape index (κ3) is 3.11. The molecule has 1 unspecified atom stereocenters. The van der Waals surface area contributed by atoms with E-state index in [2.05, 4.69) is 0 Å². The largest absolute Gasteiger partial charge is 0.496 e. The molecule has 2 nitrogen and oxygen atoms in total. The summed E-state index contributed by atoms with van der Waals surface area (Å²) in [4.78, 5) is 12.4. The Labute approximate surface area is 111 Å². The fraction of sp³-hybridized carbons (Fsp3) is 0.533. The van der Waals surface area contributed by atoms with Crippen LogP contribution in [0.2, 0.25) is 0 Å². The minimum Gasteiger partial charge on any atom is -0.496 e. The predicted molar refractivity (Wildman–Crippen MR) is 69.0 cm³/mol. The second-order valence-corrected chi connectivity index (χ2v) is 5.22. The molecule has 0 spiro atoms. The van der Waals surface area contributed by atoms with Gasteiger partial charge in [-0.25, -0.2) is 8.78 Å².